The van der Waals surface area contributed by atoms with Gasteiger partial charge < -0.3 is 0 Å². The van der Waals surface area contributed by atoms with Crippen molar-refractivity contribution in [3.05, 3.63) is 23.8 Å². The summed E-state index contributed by atoms with van der Waals surface area (Å²) in [6.07, 6.45) is 20.0. The summed E-state index contributed by atoms with van der Waals surface area (Å²) in [5.41, 5.74) is 2.73. The molecule has 0 bridgehead atoms. The van der Waals surface area contributed by atoms with E-state index in [1.54, 1.807) is 5.57 Å². The molecule has 3 saturated carbocycles. The summed E-state index contributed by atoms with van der Waals surface area (Å²) in [4.78, 5) is 0. The zero-order chi connectivity index (χ0) is 21.7. The molecule has 30 heavy (non-hydrogen) atoms. The Kier molecular flexibility index (Phi) is 6.58. The molecule has 170 valence electrons. The fraction of sp³-hybridized carbons (Fsp3) is 0.862. The van der Waals surface area contributed by atoms with Crippen molar-refractivity contribution in [1.82, 2.24) is 0 Å². The third-order valence-electron chi connectivity index (χ3n) is 10.7. The number of rotatable bonds is 5. The molecule has 0 aromatic heterocycles. The van der Waals surface area contributed by atoms with Crippen LogP contribution in [0.2, 0.25) is 0 Å². The Bertz CT molecular complexity index is 674. The topological polar surface area (TPSA) is 0 Å². The second-order valence-electron chi connectivity index (χ2n) is 12.4. The van der Waals surface area contributed by atoms with E-state index in [2.05, 4.69) is 59.8 Å². The first-order valence-electron chi connectivity index (χ1n) is 13.2. The van der Waals surface area contributed by atoms with Crippen molar-refractivity contribution in [2.24, 2.45) is 52.3 Å². The van der Waals surface area contributed by atoms with Gasteiger partial charge in [-0.1, -0.05) is 65.3 Å². The third kappa shape index (κ3) is 3.76. The quantitative estimate of drug-likeness (QED) is 0.301. The highest BCUT2D eigenvalue weighted by Crippen LogP contribution is 2.67. The van der Waals surface area contributed by atoms with E-state index in [1.807, 2.05) is 0 Å². The van der Waals surface area contributed by atoms with Gasteiger partial charge in [-0.3, -0.25) is 0 Å². The molecule has 0 radical (unpaired) electrons. The third-order valence-corrected chi connectivity index (χ3v) is 11.1. The second-order valence-corrected chi connectivity index (χ2v) is 13.0. The van der Waals surface area contributed by atoms with Crippen molar-refractivity contribution in [1.29, 1.82) is 0 Å². The molecule has 0 aromatic rings. The van der Waals surface area contributed by atoms with Gasteiger partial charge in [0.05, 0.1) is 0 Å². The van der Waals surface area contributed by atoms with Crippen molar-refractivity contribution in [2.75, 3.05) is 0 Å². The number of hydrogen-bond acceptors (Lipinski definition) is 0. The van der Waals surface area contributed by atoms with Crippen LogP contribution in [-0.2, 0) is 0 Å². The monoisotopic (exact) mass is 430 g/mol. The Morgan fingerprint density at radius 3 is 2.50 bits per heavy atom. The van der Waals surface area contributed by atoms with E-state index >= 15 is 0 Å². The lowest BCUT2D eigenvalue weighted by atomic mass is 9.47. The van der Waals surface area contributed by atoms with Crippen LogP contribution in [0.1, 0.15) is 99.3 Å². The fourth-order valence-corrected chi connectivity index (χ4v) is 9.08. The van der Waals surface area contributed by atoms with Crippen LogP contribution < -0.4 is 0 Å². The molecular formula is C29H47Cl. The first-order valence-corrected chi connectivity index (χ1v) is 13.7. The fourth-order valence-electron chi connectivity index (χ4n) is 8.80. The number of fused-ring (bicyclic) bond motifs is 5. The smallest absolute Gasteiger partial charge is 0.0373 e. The number of allylic oxidation sites excluding steroid dienone is 4. The van der Waals surface area contributed by atoms with E-state index in [1.165, 1.54) is 51.4 Å². The molecule has 4 rings (SSSR count). The maximum atomic E-state index is 6.57. The number of halogens is 1. The lowest BCUT2D eigenvalue weighted by molar-refractivity contribution is -0.0460. The Labute approximate surface area is 192 Å². The SMILES string of the molecule is CCC(/C=C/C(C)C1CCC2C3CC=C4CC(Cl)CCC4(C)C3CCC12C)C(C)C. The zero-order valence-corrected chi connectivity index (χ0v) is 21.3. The van der Waals surface area contributed by atoms with Gasteiger partial charge in [-0.25, -0.2) is 0 Å². The summed E-state index contributed by atoms with van der Waals surface area (Å²) in [6.45, 7) is 14.9. The van der Waals surface area contributed by atoms with Crippen LogP contribution in [0.4, 0.5) is 0 Å². The number of alkyl halides is 1. The van der Waals surface area contributed by atoms with Crippen LogP contribution in [0.15, 0.2) is 23.8 Å². The van der Waals surface area contributed by atoms with Crippen LogP contribution in [-0.4, -0.2) is 5.38 Å². The minimum atomic E-state index is 0.385. The molecule has 3 fully saturated rings. The first kappa shape index (κ1) is 22.9. The molecule has 0 amide bonds. The minimum Gasteiger partial charge on any atom is -0.123 e. The Balaban J connectivity index is 1.52. The van der Waals surface area contributed by atoms with E-state index in [4.69, 9.17) is 11.6 Å². The lowest BCUT2D eigenvalue weighted by Crippen LogP contribution is -2.50. The summed E-state index contributed by atoms with van der Waals surface area (Å²) in [5, 5.41) is 0.385. The standard InChI is InChI=1S/C29H47Cl/c1-7-21(19(2)3)9-8-20(4)25-12-13-26-24-11-10-22-18-23(30)14-16-28(22,5)27(24)15-17-29(25,26)6/h8-10,19-21,23-27H,7,11-18H2,1-6H3/b9-8+. The predicted molar refractivity (Wildman–Crippen MR) is 132 cm³/mol. The highest BCUT2D eigenvalue weighted by Gasteiger charge is 2.58. The van der Waals surface area contributed by atoms with Crippen molar-refractivity contribution < 1.29 is 0 Å². The molecule has 9 unspecified atom stereocenters. The van der Waals surface area contributed by atoms with E-state index in [0.29, 0.717) is 16.2 Å². The van der Waals surface area contributed by atoms with Gasteiger partial charge in [0.25, 0.3) is 0 Å². The first-order chi connectivity index (χ1) is 14.2. The average Bonchev–Trinajstić information content (AvgIpc) is 3.06. The van der Waals surface area contributed by atoms with E-state index in [-0.39, 0.29) is 0 Å². The van der Waals surface area contributed by atoms with Crippen molar-refractivity contribution in [2.45, 2.75) is 105 Å². The van der Waals surface area contributed by atoms with Gasteiger partial charge in [0.1, 0.15) is 0 Å². The van der Waals surface area contributed by atoms with Crippen LogP contribution in [0.5, 0.6) is 0 Å². The van der Waals surface area contributed by atoms with E-state index in [0.717, 1.165) is 47.8 Å². The maximum Gasteiger partial charge on any atom is 0.0373 e. The molecule has 0 nitrogen and oxygen atoms in total. The molecule has 0 N–H and O–H groups in total. The highest BCUT2D eigenvalue weighted by atomic mass is 35.5. The molecule has 0 aromatic carbocycles. The summed E-state index contributed by atoms with van der Waals surface area (Å²) >= 11 is 6.57. The lowest BCUT2D eigenvalue weighted by Gasteiger charge is -2.58. The van der Waals surface area contributed by atoms with Crippen molar-refractivity contribution in [3.63, 3.8) is 0 Å². The summed E-state index contributed by atoms with van der Waals surface area (Å²) < 4.78 is 0. The molecular weight excluding hydrogens is 384 g/mol. The van der Waals surface area contributed by atoms with Gasteiger partial charge >= 0.3 is 0 Å². The summed E-state index contributed by atoms with van der Waals surface area (Å²) in [6, 6.07) is 0. The van der Waals surface area contributed by atoms with E-state index in [9.17, 15) is 0 Å². The number of hydrogen-bond donors (Lipinski definition) is 0. The van der Waals surface area contributed by atoms with Crippen LogP contribution in [0.3, 0.4) is 0 Å². The van der Waals surface area contributed by atoms with Crippen LogP contribution in [0.25, 0.3) is 0 Å². The van der Waals surface area contributed by atoms with Gasteiger partial charge in [-0.2, -0.15) is 0 Å². The second kappa shape index (κ2) is 8.61. The van der Waals surface area contributed by atoms with Gasteiger partial charge in [0.15, 0.2) is 0 Å². The van der Waals surface area contributed by atoms with Gasteiger partial charge in [-0.05, 0) is 110 Å². The molecule has 4 aliphatic rings. The molecule has 0 heterocycles. The van der Waals surface area contributed by atoms with Crippen molar-refractivity contribution >= 4 is 11.6 Å². The molecule has 1 heteroatoms. The predicted octanol–water partition coefficient (Wildman–Crippen LogP) is 9.05. The Morgan fingerprint density at radius 1 is 1.03 bits per heavy atom. The molecule has 4 aliphatic carbocycles. The van der Waals surface area contributed by atoms with Gasteiger partial charge in [0.2, 0.25) is 0 Å². The minimum absolute atomic E-state index is 0.385. The zero-order valence-electron chi connectivity index (χ0n) is 20.6. The summed E-state index contributed by atoms with van der Waals surface area (Å²) in [7, 11) is 0. The molecule has 0 aliphatic heterocycles. The normalized spacial score (nSPS) is 45.6. The molecule has 0 spiro atoms. The molecule has 0 saturated heterocycles. The highest BCUT2D eigenvalue weighted by molar-refractivity contribution is 6.20. The van der Waals surface area contributed by atoms with Crippen LogP contribution >= 0.6 is 11.6 Å². The van der Waals surface area contributed by atoms with Gasteiger partial charge in [-0.15, -0.1) is 11.6 Å². The van der Waals surface area contributed by atoms with Crippen molar-refractivity contribution in [3.8, 4) is 0 Å². The average molecular weight is 431 g/mol. The van der Waals surface area contributed by atoms with Crippen LogP contribution in [0, 0.1) is 52.3 Å². The Morgan fingerprint density at radius 2 is 1.80 bits per heavy atom. The van der Waals surface area contributed by atoms with E-state index < -0.39 is 0 Å². The largest absolute Gasteiger partial charge is 0.123 e. The summed E-state index contributed by atoms with van der Waals surface area (Å²) in [5.74, 6) is 5.87. The maximum absolute atomic E-state index is 6.57. The Hall–Kier alpha value is -0.230. The van der Waals surface area contributed by atoms with Gasteiger partial charge in [0, 0.05) is 5.38 Å². The molecule has 9 atom stereocenters.